The molecule has 2 rings (SSSR count). The molecule has 0 radical (unpaired) electrons. The summed E-state index contributed by atoms with van der Waals surface area (Å²) in [6, 6.07) is -0.431. The number of nitrogens with zero attached hydrogens (tertiary/aromatic N) is 4. The van der Waals surface area contributed by atoms with Crippen LogP contribution in [-0.2, 0) is 27.2 Å². The number of nitrogens with one attached hydrogen (secondary N) is 3. The lowest BCUT2D eigenvalue weighted by atomic mass is 10.0. The van der Waals surface area contributed by atoms with Crippen LogP contribution < -0.4 is 21.7 Å². The van der Waals surface area contributed by atoms with E-state index in [1.807, 2.05) is 69.2 Å². The molecule has 2 heterocycles. The second kappa shape index (κ2) is 23.6. The lowest BCUT2D eigenvalue weighted by Crippen LogP contribution is -2.48. The molecule has 0 aliphatic rings. The van der Waals surface area contributed by atoms with Gasteiger partial charge in [0.15, 0.2) is 0 Å². The highest BCUT2D eigenvalue weighted by atomic mass is 32.1. The third-order valence-electron chi connectivity index (χ3n) is 4.66. The highest BCUT2D eigenvalue weighted by molar-refractivity contribution is 7.15. The van der Waals surface area contributed by atoms with E-state index in [0.717, 1.165) is 29.3 Å². The summed E-state index contributed by atoms with van der Waals surface area (Å²) in [5.74, 6) is -0.273. The van der Waals surface area contributed by atoms with Gasteiger partial charge in [-0.05, 0) is 51.5 Å². The van der Waals surface area contributed by atoms with Crippen LogP contribution in [0.4, 0.5) is 15.1 Å². The Balaban J connectivity index is 0. The molecular formula is C30H58N8O4S2. The van der Waals surface area contributed by atoms with Crippen molar-refractivity contribution < 1.29 is 19.1 Å². The Bertz CT molecular complexity index is 1060. The van der Waals surface area contributed by atoms with Gasteiger partial charge in [0.25, 0.3) is 0 Å². The van der Waals surface area contributed by atoms with Crippen LogP contribution in [0.3, 0.4) is 0 Å². The van der Waals surface area contributed by atoms with E-state index in [1.54, 1.807) is 20.8 Å². The zero-order valence-corrected chi connectivity index (χ0v) is 30.8. The summed E-state index contributed by atoms with van der Waals surface area (Å²) in [5.41, 5.74) is 4.46. The number of hydrogen-bond acceptors (Lipinski definition) is 11. The Morgan fingerprint density at radius 2 is 1.23 bits per heavy atom. The minimum atomic E-state index is -0.765. The van der Waals surface area contributed by atoms with Gasteiger partial charge >= 0.3 is 6.09 Å². The number of anilines is 2. The molecule has 0 fully saturated rings. The molecule has 44 heavy (non-hydrogen) atoms. The first-order valence-electron chi connectivity index (χ1n) is 15.6. The molecule has 0 aromatic carbocycles. The largest absolute Gasteiger partial charge is 0.444 e. The van der Waals surface area contributed by atoms with Crippen LogP contribution in [0.1, 0.15) is 119 Å². The quantitative estimate of drug-likeness (QED) is 0.178. The van der Waals surface area contributed by atoms with Gasteiger partial charge in [0.1, 0.15) is 21.7 Å². The van der Waals surface area contributed by atoms with Gasteiger partial charge in [0, 0.05) is 19.3 Å². The second-order valence-electron chi connectivity index (χ2n) is 11.5. The number of carbonyl (C=O) groups is 3. The Labute approximate surface area is 273 Å². The van der Waals surface area contributed by atoms with Gasteiger partial charge in [-0.15, -0.1) is 20.4 Å². The third-order valence-corrected chi connectivity index (χ3v) is 6.45. The van der Waals surface area contributed by atoms with Crippen LogP contribution in [0, 0.1) is 11.8 Å². The van der Waals surface area contributed by atoms with E-state index in [9.17, 15) is 14.4 Å². The number of alkyl carbamates (subject to hydrolysis) is 1. The summed E-state index contributed by atoms with van der Waals surface area (Å²) in [6.45, 7) is 24.8. The highest BCUT2D eigenvalue weighted by Gasteiger charge is 2.27. The van der Waals surface area contributed by atoms with Crippen LogP contribution in [0.2, 0.25) is 0 Å². The number of rotatable bonds is 12. The molecule has 0 aliphatic heterocycles. The molecule has 1 unspecified atom stereocenters. The van der Waals surface area contributed by atoms with E-state index >= 15 is 0 Å². The van der Waals surface area contributed by atoms with Crippen LogP contribution in [-0.4, -0.2) is 56.0 Å². The zero-order valence-electron chi connectivity index (χ0n) is 29.2. The van der Waals surface area contributed by atoms with Crippen LogP contribution in [0.5, 0.6) is 0 Å². The molecule has 254 valence electrons. The van der Waals surface area contributed by atoms with Gasteiger partial charge in [0.2, 0.25) is 22.1 Å². The summed E-state index contributed by atoms with van der Waals surface area (Å²) < 4.78 is 5.26. The Morgan fingerprint density at radius 1 is 0.795 bits per heavy atom. The maximum absolute atomic E-state index is 12.7. The number of carbonyl (C=O) groups excluding carboxylic acids is 3. The summed E-state index contributed by atoms with van der Waals surface area (Å²) in [5, 5.41) is 27.1. The normalized spacial score (nSPS) is 11.3. The smallest absolute Gasteiger partial charge is 0.408 e. The van der Waals surface area contributed by atoms with E-state index < -0.39 is 17.7 Å². The van der Waals surface area contributed by atoms with Gasteiger partial charge in [-0.1, -0.05) is 91.9 Å². The van der Waals surface area contributed by atoms with E-state index in [2.05, 4.69) is 36.3 Å². The third kappa shape index (κ3) is 21.9. The molecule has 1 atom stereocenters. The van der Waals surface area contributed by atoms with Crippen molar-refractivity contribution in [3.63, 3.8) is 0 Å². The van der Waals surface area contributed by atoms with Crippen molar-refractivity contribution in [1.29, 1.82) is 0 Å². The number of nitrogens with two attached hydrogens (primary N) is 1. The van der Waals surface area contributed by atoms with Gasteiger partial charge in [-0.3, -0.25) is 14.9 Å². The predicted octanol–water partition coefficient (Wildman–Crippen LogP) is 6.83. The average Bonchev–Trinajstić information content (AvgIpc) is 3.54. The molecule has 0 saturated carbocycles. The maximum atomic E-state index is 12.7. The predicted molar refractivity (Wildman–Crippen MR) is 183 cm³/mol. The molecular weight excluding hydrogens is 601 g/mol. The van der Waals surface area contributed by atoms with Crippen molar-refractivity contribution in [2.45, 2.75) is 140 Å². The molecule has 0 bridgehead atoms. The van der Waals surface area contributed by atoms with E-state index in [1.165, 1.54) is 22.7 Å². The molecule has 0 spiro atoms. The fourth-order valence-electron chi connectivity index (χ4n) is 3.06. The van der Waals surface area contributed by atoms with Gasteiger partial charge in [-0.25, -0.2) is 4.79 Å². The first-order valence-corrected chi connectivity index (χ1v) is 17.2. The SMILES string of the molecule is CC.CC.CC(C)CC(=O)Nc1nnc(CCCCc2nnc(NC(=O)C(NC(=O)OC(C)(C)C)C(C)C)s2)s1.CC(C)N. The molecule has 2 aromatic heterocycles. The molecule has 2 aromatic rings. The summed E-state index contributed by atoms with van der Waals surface area (Å²) >= 11 is 2.70. The second-order valence-corrected chi connectivity index (χ2v) is 13.6. The van der Waals surface area contributed by atoms with Crippen LogP contribution >= 0.6 is 22.7 Å². The number of unbranched alkanes of at least 4 members (excludes halogenated alkanes) is 1. The lowest BCUT2D eigenvalue weighted by Gasteiger charge is -2.24. The first-order chi connectivity index (χ1) is 20.6. The van der Waals surface area contributed by atoms with E-state index in [-0.39, 0.29) is 23.7 Å². The number of aryl methyl sites for hydroxylation is 2. The number of aromatic nitrogens is 4. The number of ether oxygens (including phenoxy) is 1. The monoisotopic (exact) mass is 658 g/mol. The number of amides is 3. The van der Waals surface area contributed by atoms with Crippen molar-refractivity contribution in [3.8, 4) is 0 Å². The van der Waals surface area contributed by atoms with Crippen LogP contribution in [0.25, 0.3) is 0 Å². The summed E-state index contributed by atoms with van der Waals surface area (Å²) in [7, 11) is 0. The van der Waals surface area contributed by atoms with Crippen molar-refractivity contribution >= 4 is 50.8 Å². The zero-order chi connectivity index (χ0) is 34.5. The topological polar surface area (TPSA) is 174 Å². The fourth-order valence-corrected chi connectivity index (χ4v) is 4.64. The Morgan fingerprint density at radius 3 is 1.61 bits per heavy atom. The first kappa shape index (κ1) is 43.4. The van der Waals surface area contributed by atoms with Gasteiger partial charge in [-0.2, -0.15) is 0 Å². The molecule has 12 nitrogen and oxygen atoms in total. The van der Waals surface area contributed by atoms with Crippen molar-refractivity contribution in [2.75, 3.05) is 10.6 Å². The summed E-state index contributed by atoms with van der Waals surface area (Å²) in [6.07, 6.45) is 3.03. The number of hydrogen-bond donors (Lipinski definition) is 4. The minimum absolute atomic E-state index is 0.0489. The fraction of sp³-hybridized carbons (Fsp3) is 0.767. The Kier molecular flexibility index (Phi) is 23.3. The molecule has 5 N–H and O–H groups in total. The average molecular weight is 659 g/mol. The van der Waals surface area contributed by atoms with Crippen molar-refractivity contribution in [2.24, 2.45) is 17.6 Å². The van der Waals surface area contributed by atoms with Crippen molar-refractivity contribution in [1.82, 2.24) is 25.7 Å². The van der Waals surface area contributed by atoms with E-state index in [0.29, 0.717) is 29.1 Å². The van der Waals surface area contributed by atoms with Gasteiger partial charge < -0.3 is 21.1 Å². The lowest BCUT2D eigenvalue weighted by molar-refractivity contribution is -0.119. The molecule has 0 aliphatic carbocycles. The highest BCUT2D eigenvalue weighted by Crippen LogP contribution is 2.21. The van der Waals surface area contributed by atoms with Gasteiger partial charge in [0.05, 0.1) is 0 Å². The molecule has 3 amide bonds. The minimum Gasteiger partial charge on any atom is -0.444 e. The molecule has 0 saturated heterocycles. The van der Waals surface area contributed by atoms with Crippen molar-refractivity contribution in [3.05, 3.63) is 10.0 Å². The standard InChI is InChI=1S/C23H37N7O4S2.C3H9N.2C2H6/c1-13(2)12-15(31)24-20-29-27-16(35-20)10-8-9-11-17-28-30-21(36-17)26-19(32)18(14(3)4)25-22(33)34-23(5,6)7;1-3(2)4;2*1-2/h13-14,18H,8-12H2,1-7H3,(H,25,33)(H,24,29,31)(H,26,30,32);3H,4H2,1-2H3;2*1-2H3. The molecule has 14 heteroatoms. The van der Waals surface area contributed by atoms with Crippen LogP contribution in [0.15, 0.2) is 0 Å². The van der Waals surface area contributed by atoms with E-state index in [4.69, 9.17) is 10.5 Å². The maximum Gasteiger partial charge on any atom is 0.408 e. The Hall–Kier alpha value is -2.71. The summed E-state index contributed by atoms with van der Waals surface area (Å²) in [4.78, 5) is 36.7.